The summed E-state index contributed by atoms with van der Waals surface area (Å²) in [6.45, 7) is 4.81. The van der Waals surface area contributed by atoms with E-state index >= 15 is 0 Å². The highest BCUT2D eigenvalue weighted by Gasteiger charge is 2.42. The normalized spacial score (nSPS) is 12.7. The number of unbranched alkanes of at least 4 members (excludes halogenated alkanes) is 18. The lowest BCUT2D eigenvalue weighted by atomic mass is 9.95. The molecule has 0 aliphatic carbocycles. The minimum absolute atomic E-state index is 0.143. The number of aliphatic hydroxyl groups is 1. The minimum Gasteiger partial charge on any atom is -0.466 e. The summed E-state index contributed by atoms with van der Waals surface area (Å²) >= 11 is 0. The van der Waals surface area contributed by atoms with Gasteiger partial charge in [0, 0.05) is 0 Å². The molecule has 1 unspecified atom stereocenters. The van der Waals surface area contributed by atoms with Gasteiger partial charge in [-0.25, -0.2) is 4.79 Å². The number of nitrogens with two attached hydrogens (primary N) is 1. The standard InChI is InChI=1S/C30H57NO6/c1-3-5-7-9-11-13-15-17-19-21-23-36-28(33)26-30(35,25-27(31)32)29(34)37-24-22-20-18-16-14-12-10-8-6-4-2/h35H,3-26H2,1-2H3,(H2,31,32). The van der Waals surface area contributed by atoms with E-state index in [-0.39, 0.29) is 13.2 Å². The van der Waals surface area contributed by atoms with Crippen LogP contribution >= 0.6 is 0 Å². The van der Waals surface area contributed by atoms with Gasteiger partial charge in [0.1, 0.15) is 0 Å². The van der Waals surface area contributed by atoms with Gasteiger partial charge in [-0.05, 0) is 12.8 Å². The van der Waals surface area contributed by atoms with Gasteiger partial charge >= 0.3 is 11.9 Å². The first-order valence-corrected chi connectivity index (χ1v) is 15.2. The first kappa shape index (κ1) is 35.4. The third kappa shape index (κ3) is 22.1. The van der Waals surface area contributed by atoms with Gasteiger partial charge in [-0.15, -0.1) is 0 Å². The molecule has 0 fully saturated rings. The fourth-order valence-corrected chi connectivity index (χ4v) is 4.45. The molecule has 1 atom stereocenters. The lowest BCUT2D eigenvalue weighted by Gasteiger charge is -2.23. The molecular weight excluding hydrogens is 470 g/mol. The average Bonchev–Trinajstić information content (AvgIpc) is 2.85. The van der Waals surface area contributed by atoms with E-state index in [1.54, 1.807) is 0 Å². The molecule has 3 N–H and O–H groups in total. The van der Waals surface area contributed by atoms with Crippen molar-refractivity contribution in [3.05, 3.63) is 0 Å². The van der Waals surface area contributed by atoms with Crippen molar-refractivity contribution in [3.8, 4) is 0 Å². The molecule has 1 amide bonds. The molecular formula is C30H57NO6. The fraction of sp³-hybridized carbons (Fsp3) is 0.900. The molecule has 37 heavy (non-hydrogen) atoms. The van der Waals surface area contributed by atoms with E-state index in [9.17, 15) is 19.5 Å². The Balaban J connectivity index is 4.04. The highest BCUT2D eigenvalue weighted by molar-refractivity contribution is 5.90. The van der Waals surface area contributed by atoms with Gasteiger partial charge in [-0.2, -0.15) is 0 Å². The van der Waals surface area contributed by atoms with Gasteiger partial charge in [0.25, 0.3) is 0 Å². The van der Waals surface area contributed by atoms with Crippen LogP contribution in [0.15, 0.2) is 0 Å². The number of carbonyl (C=O) groups is 3. The molecule has 7 heteroatoms. The van der Waals surface area contributed by atoms with Crippen LogP contribution in [0.3, 0.4) is 0 Å². The van der Waals surface area contributed by atoms with E-state index in [0.717, 1.165) is 38.5 Å². The third-order valence-corrected chi connectivity index (χ3v) is 6.78. The molecule has 0 aromatic carbocycles. The number of rotatable bonds is 27. The van der Waals surface area contributed by atoms with Gasteiger partial charge < -0.3 is 20.3 Å². The van der Waals surface area contributed by atoms with Crippen molar-refractivity contribution in [2.75, 3.05) is 13.2 Å². The summed E-state index contributed by atoms with van der Waals surface area (Å²) in [4.78, 5) is 36.1. The molecule has 218 valence electrons. The van der Waals surface area contributed by atoms with E-state index in [1.807, 2.05) is 0 Å². The Morgan fingerprint density at radius 1 is 0.568 bits per heavy atom. The summed E-state index contributed by atoms with van der Waals surface area (Å²) < 4.78 is 10.4. The third-order valence-electron chi connectivity index (χ3n) is 6.78. The van der Waals surface area contributed by atoms with Crippen LogP contribution in [0.25, 0.3) is 0 Å². The zero-order valence-corrected chi connectivity index (χ0v) is 24.0. The van der Waals surface area contributed by atoms with Gasteiger partial charge in [-0.3, -0.25) is 9.59 Å². The number of hydrogen-bond acceptors (Lipinski definition) is 6. The Labute approximate surface area is 226 Å². The van der Waals surface area contributed by atoms with Crippen molar-refractivity contribution < 1.29 is 29.0 Å². The molecule has 0 bridgehead atoms. The van der Waals surface area contributed by atoms with Crippen molar-refractivity contribution in [2.45, 2.75) is 161 Å². The van der Waals surface area contributed by atoms with Crippen LogP contribution in [-0.4, -0.2) is 41.8 Å². The predicted molar refractivity (Wildman–Crippen MR) is 149 cm³/mol. The number of ether oxygens (including phenoxy) is 2. The topological polar surface area (TPSA) is 116 Å². The Kier molecular flexibility index (Phi) is 23.6. The highest BCUT2D eigenvalue weighted by atomic mass is 16.6. The van der Waals surface area contributed by atoms with Crippen LogP contribution in [0, 0.1) is 0 Å². The molecule has 0 spiro atoms. The quantitative estimate of drug-likeness (QED) is 0.0885. The second-order valence-corrected chi connectivity index (χ2v) is 10.6. The van der Waals surface area contributed by atoms with Crippen LogP contribution < -0.4 is 5.73 Å². The lowest BCUT2D eigenvalue weighted by molar-refractivity contribution is -0.174. The molecule has 0 heterocycles. The molecule has 7 nitrogen and oxygen atoms in total. The molecule has 0 saturated carbocycles. The van der Waals surface area contributed by atoms with Crippen LogP contribution in [0.5, 0.6) is 0 Å². The summed E-state index contributed by atoms with van der Waals surface area (Å²) in [5.41, 5.74) is 2.93. The van der Waals surface area contributed by atoms with Crippen molar-refractivity contribution in [2.24, 2.45) is 5.73 Å². The Morgan fingerprint density at radius 2 is 0.919 bits per heavy atom. The minimum atomic E-state index is -2.28. The van der Waals surface area contributed by atoms with E-state index in [0.29, 0.717) is 6.42 Å². The number of esters is 2. The number of primary amides is 1. The molecule has 0 aliphatic rings. The Hall–Kier alpha value is -1.63. The average molecular weight is 528 g/mol. The van der Waals surface area contributed by atoms with Gasteiger partial charge in [0.05, 0.1) is 26.1 Å². The summed E-state index contributed by atoms with van der Waals surface area (Å²) in [5, 5.41) is 10.7. The summed E-state index contributed by atoms with van der Waals surface area (Å²) in [5.74, 6) is -2.59. The maximum Gasteiger partial charge on any atom is 0.339 e. The monoisotopic (exact) mass is 527 g/mol. The van der Waals surface area contributed by atoms with Crippen LogP contribution in [0.2, 0.25) is 0 Å². The van der Waals surface area contributed by atoms with Crippen molar-refractivity contribution in [3.63, 3.8) is 0 Å². The van der Waals surface area contributed by atoms with Gasteiger partial charge in [0.15, 0.2) is 5.60 Å². The smallest absolute Gasteiger partial charge is 0.339 e. The first-order chi connectivity index (χ1) is 17.9. The van der Waals surface area contributed by atoms with Gasteiger partial charge in [-0.1, -0.05) is 129 Å². The Bertz CT molecular complexity index is 582. The first-order valence-electron chi connectivity index (χ1n) is 15.2. The van der Waals surface area contributed by atoms with Gasteiger partial charge in [0.2, 0.25) is 5.91 Å². The van der Waals surface area contributed by atoms with Crippen LogP contribution in [-0.2, 0) is 23.9 Å². The lowest BCUT2D eigenvalue weighted by Crippen LogP contribution is -2.45. The van der Waals surface area contributed by atoms with E-state index in [1.165, 1.54) is 83.5 Å². The number of hydrogen-bond donors (Lipinski definition) is 2. The summed E-state index contributed by atoms with van der Waals surface area (Å²) in [6, 6.07) is 0. The largest absolute Gasteiger partial charge is 0.466 e. The SMILES string of the molecule is CCCCCCCCCCCCOC(=O)CC(O)(CC(N)=O)C(=O)OCCCCCCCCCCCC. The maximum atomic E-state index is 12.5. The molecule has 0 saturated heterocycles. The number of carbonyl (C=O) groups excluding carboxylic acids is 3. The van der Waals surface area contributed by atoms with Crippen LogP contribution in [0.4, 0.5) is 0 Å². The fourth-order valence-electron chi connectivity index (χ4n) is 4.45. The van der Waals surface area contributed by atoms with Crippen LogP contribution in [0.1, 0.15) is 155 Å². The second kappa shape index (κ2) is 24.7. The predicted octanol–water partition coefficient (Wildman–Crippen LogP) is 6.91. The van der Waals surface area contributed by atoms with E-state index < -0.39 is 36.3 Å². The van der Waals surface area contributed by atoms with E-state index in [2.05, 4.69) is 13.8 Å². The molecule has 0 aromatic heterocycles. The molecule has 0 aromatic rings. The molecule has 0 radical (unpaired) electrons. The van der Waals surface area contributed by atoms with Crippen molar-refractivity contribution >= 4 is 17.8 Å². The van der Waals surface area contributed by atoms with E-state index in [4.69, 9.17) is 15.2 Å². The highest BCUT2D eigenvalue weighted by Crippen LogP contribution is 2.20. The zero-order valence-electron chi connectivity index (χ0n) is 24.0. The Morgan fingerprint density at radius 3 is 1.30 bits per heavy atom. The molecule has 0 rings (SSSR count). The summed E-state index contributed by atoms with van der Waals surface area (Å²) in [6.07, 6.45) is 21.9. The second-order valence-electron chi connectivity index (χ2n) is 10.6. The van der Waals surface area contributed by atoms with Crippen molar-refractivity contribution in [1.82, 2.24) is 0 Å². The summed E-state index contributed by atoms with van der Waals surface area (Å²) in [7, 11) is 0. The zero-order chi connectivity index (χ0) is 27.6. The molecule has 0 aliphatic heterocycles. The number of amides is 1. The maximum absolute atomic E-state index is 12.5. The van der Waals surface area contributed by atoms with Crippen molar-refractivity contribution in [1.29, 1.82) is 0 Å².